The molecule has 0 aliphatic carbocycles. The quantitative estimate of drug-likeness (QED) is 0.299. The Labute approximate surface area is 242 Å². The number of nitrogens with one attached hydrogen (secondary N) is 1. The molecule has 2 aromatic rings. The lowest BCUT2D eigenvalue weighted by atomic mass is 9.80. The highest BCUT2D eigenvalue weighted by Crippen LogP contribution is 2.36. The average molecular weight is 554 g/mol. The number of methoxy groups -OCH3 is 2. The van der Waals surface area contributed by atoms with Crippen LogP contribution in [0, 0.1) is 5.92 Å². The maximum atomic E-state index is 6.70. The molecule has 7 heteroatoms. The predicted octanol–water partition coefficient (Wildman–Crippen LogP) is 5.33. The second-order valence-electron chi connectivity index (χ2n) is 11.7. The zero-order valence-corrected chi connectivity index (χ0v) is 25.4. The Hall–Kier alpha value is -2.32. The summed E-state index contributed by atoms with van der Waals surface area (Å²) in [7, 11) is 7.82. The summed E-state index contributed by atoms with van der Waals surface area (Å²) >= 11 is 0. The smallest absolute Gasteiger partial charge is 0.142 e. The van der Waals surface area contributed by atoms with Gasteiger partial charge in [0.2, 0.25) is 0 Å². The molecule has 0 radical (unpaired) electrons. The fourth-order valence-electron chi connectivity index (χ4n) is 6.10. The van der Waals surface area contributed by atoms with E-state index in [2.05, 4.69) is 78.6 Å². The Morgan fingerprint density at radius 1 is 1.12 bits per heavy atom. The SMILES string of the molecule is CC[C@H](CCN(C)C)C[C@H]1C[C@H](c2ccc(OC)cc2)[C@@H](OCc2ccc3c(c2)N(CCCOC)CCO3)CN1. The maximum Gasteiger partial charge on any atom is 0.142 e. The summed E-state index contributed by atoms with van der Waals surface area (Å²) in [6.07, 6.45) is 5.89. The Bertz CT molecular complexity index is 1020. The van der Waals surface area contributed by atoms with Crippen LogP contribution in [0.1, 0.15) is 56.1 Å². The first kappa shape index (κ1) is 30.6. The summed E-state index contributed by atoms with van der Waals surface area (Å²) < 4.78 is 23.4. The van der Waals surface area contributed by atoms with Crippen molar-refractivity contribution in [1.82, 2.24) is 10.2 Å². The number of ether oxygens (including phenoxy) is 4. The molecule has 7 nitrogen and oxygen atoms in total. The fourth-order valence-corrected chi connectivity index (χ4v) is 6.10. The van der Waals surface area contributed by atoms with Gasteiger partial charge in [0.1, 0.15) is 18.1 Å². The lowest BCUT2D eigenvalue weighted by Gasteiger charge is -2.39. The van der Waals surface area contributed by atoms with Crippen molar-refractivity contribution in [2.24, 2.45) is 5.92 Å². The third-order valence-corrected chi connectivity index (χ3v) is 8.54. The van der Waals surface area contributed by atoms with Crippen LogP contribution in [0.15, 0.2) is 42.5 Å². The van der Waals surface area contributed by atoms with Crippen molar-refractivity contribution < 1.29 is 18.9 Å². The number of piperidine rings is 1. The van der Waals surface area contributed by atoms with Gasteiger partial charge in [-0.15, -0.1) is 0 Å². The average Bonchev–Trinajstić information content (AvgIpc) is 2.98. The summed E-state index contributed by atoms with van der Waals surface area (Å²) in [5.41, 5.74) is 3.69. The minimum Gasteiger partial charge on any atom is -0.497 e. The van der Waals surface area contributed by atoms with E-state index in [4.69, 9.17) is 18.9 Å². The first-order chi connectivity index (χ1) is 19.5. The lowest BCUT2D eigenvalue weighted by molar-refractivity contribution is 0.000837. The Kier molecular flexibility index (Phi) is 12.0. The van der Waals surface area contributed by atoms with Crippen molar-refractivity contribution >= 4 is 5.69 Å². The number of anilines is 1. The molecular formula is C33H51N3O4. The van der Waals surface area contributed by atoms with Gasteiger partial charge < -0.3 is 34.1 Å². The second-order valence-corrected chi connectivity index (χ2v) is 11.7. The van der Waals surface area contributed by atoms with Crippen LogP contribution in [0.4, 0.5) is 5.69 Å². The van der Waals surface area contributed by atoms with Gasteiger partial charge in [-0.1, -0.05) is 31.5 Å². The van der Waals surface area contributed by atoms with Crippen LogP contribution < -0.4 is 19.7 Å². The summed E-state index contributed by atoms with van der Waals surface area (Å²) in [4.78, 5) is 4.71. The highest BCUT2D eigenvalue weighted by Gasteiger charge is 2.33. The van der Waals surface area contributed by atoms with Gasteiger partial charge in [0.25, 0.3) is 0 Å². The van der Waals surface area contributed by atoms with E-state index in [0.29, 0.717) is 18.6 Å². The van der Waals surface area contributed by atoms with Crippen molar-refractivity contribution in [3.8, 4) is 11.5 Å². The molecule has 40 heavy (non-hydrogen) atoms. The molecule has 2 heterocycles. The third kappa shape index (κ3) is 8.59. The number of rotatable bonds is 15. The Balaban J connectivity index is 1.44. The molecule has 0 amide bonds. The third-order valence-electron chi connectivity index (χ3n) is 8.54. The van der Waals surface area contributed by atoms with Gasteiger partial charge in [-0.05, 0) is 87.6 Å². The van der Waals surface area contributed by atoms with Gasteiger partial charge >= 0.3 is 0 Å². The Morgan fingerprint density at radius 2 is 1.95 bits per heavy atom. The largest absolute Gasteiger partial charge is 0.497 e. The monoisotopic (exact) mass is 553 g/mol. The molecule has 0 spiro atoms. The van der Waals surface area contributed by atoms with E-state index in [0.717, 1.165) is 69.7 Å². The predicted molar refractivity (Wildman–Crippen MR) is 163 cm³/mol. The van der Waals surface area contributed by atoms with Crippen LogP contribution in [0.25, 0.3) is 0 Å². The first-order valence-electron chi connectivity index (χ1n) is 15.1. The van der Waals surface area contributed by atoms with Crippen LogP contribution in [0.2, 0.25) is 0 Å². The van der Waals surface area contributed by atoms with Crippen molar-refractivity contribution in [2.45, 2.75) is 63.7 Å². The molecule has 222 valence electrons. The minimum atomic E-state index is 0.108. The van der Waals surface area contributed by atoms with Crippen molar-refractivity contribution in [1.29, 1.82) is 0 Å². The Morgan fingerprint density at radius 3 is 2.67 bits per heavy atom. The molecule has 2 aliphatic heterocycles. The molecule has 1 N–H and O–H groups in total. The van der Waals surface area contributed by atoms with Crippen LogP contribution in [0.3, 0.4) is 0 Å². The van der Waals surface area contributed by atoms with E-state index in [1.54, 1.807) is 14.2 Å². The summed E-state index contributed by atoms with van der Waals surface area (Å²) in [6, 6.07) is 15.6. The van der Waals surface area contributed by atoms with Gasteiger partial charge in [0.15, 0.2) is 0 Å². The standard InChI is InChI=1S/C33H51N3O4/c1-6-25(14-16-35(2)3)20-28-22-30(27-9-11-29(38-5)12-10-27)33(23-34-28)40-24-26-8-13-32-31(21-26)36(17-19-39-32)15-7-18-37-4/h8-13,21,25,28,30,33-34H,6-7,14-20,22-24H2,1-5H3/t25-,28+,30-,33+/m1/s1. The van der Waals surface area contributed by atoms with Gasteiger partial charge in [-0.25, -0.2) is 0 Å². The van der Waals surface area contributed by atoms with Crippen LogP contribution >= 0.6 is 0 Å². The van der Waals surface area contributed by atoms with E-state index in [9.17, 15) is 0 Å². The normalized spacial score (nSPS) is 21.6. The number of hydrogen-bond acceptors (Lipinski definition) is 7. The minimum absolute atomic E-state index is 0.108. The van der Waals surface area contributed by atoms with E-state index >= 15 is 0 Å². The molecular weight excluding hydrogens is 502 g/mol. The zero-order valence-electron chi connectivity index (χ0n) is 25.4. The highest BCUT2D eigenvalue weighted by molar-refractivity contribution is 5.61. The van der Waals surface area contributed by atoms with Crippen LogP contribution in [0.5, 0.6) is 11.5 Å². The van der Waals surface area contributed by atoms with Crippen LogP contribution in [-0.4, -0.2) is 84.8 Å². The zero-order chi connectivity index (χ0) is 28.3. The van der Waals surface area contributed by atoms with E-state index in [-0.39, 0.29) is 6.10 Å². The number of fused-ring (bicyclic) bond motifs is 1. The summed E-state index contributed by atoms with van der Waals surface area (Å²) in [6.45, 7) is 8.30. The second kappa shape index (κ2) is 15.6. The molecule has 0 saturated carbocycles. The fraction of sp³-hybridized carbons (Fsp3) is 0.636. The molecule has 4 rings (SSSR count). The topological polar surface area (TPSA) is 55.4 Å². The van der Waals surface area contributed by atoms with E-state index in [1.165, 1.54) is 36.1 Å². The maximum absolute atomic E-state index is 6.70. The summed E-state index contributed by atoms with van der Waals surface area (Å²) in [5.74, 6) is 2.94. The molecule has 0 aromatic heterocycles. The van der Waals surface area contributed by atoms with E-state index < -0.39 is 0 Å². The molecule has 2 aliphatic rings. The molecule has 0 bridgehead atoms. The number of hydrogen-bond donors (Lipinski definition) is 1. The first-order valence-corrected chi connectivity index (χ1v) is 15.1. The van der Waals surface area contributed by atoms with Crippen LogP contribution in [-0.2, 0) is 16.1 Å². The molecule has 4 atom stereocenters. The molecule has 0 unspecified atom stereocenters. The van der Waals surface area contributed by atoms with Crippen molar-refractivity contribution in [2.75, 3.05) is 72.6 Å². The van der Waals surface area contributed by atoms with E-state index in [1.807, 2.05) is 0 Å². The van der Waals surface area contributed by atoms with Gasteiger partial charge in [0, 0.05) is 38.8 Å². The van der Waals surface area contributed by atoms with Gasteiger partial charge in [-0.2, -0.15) is 0 Å². The summed E-state index contributed by atoms with van der Waals surface area (Å²) in [5, 5.41) is 3.86. The highest BCUT2D eigenvalue weighted by atomic mass is 16.5. The van der Waals surface area contributed by atoms with Gasteiger partial charge in [0.05, 0.1) is 32.1 Å². The molecule has 1 saturated heterocycles. The number of nitrogens with zero attached hydrogens (tertiary/aromatic N) is 2. The van der Waals surface area contributed by atoms with Gasteiger partial charge in [-0.3, -0.25) is 0 Å². The van der Waals surface area contributed by atoms with Crippen molar-refractivity contribution in [3.63, 3.8) is 0 Å². The molecule has 2 aromatic carbocycles. The molecule has 1 fully saturated rings. The number of benzene rings is 2. The van der Waals surface area contributed by atoms with Crippen molar-refractivity contribution in [3.05, 3.63) is 53.6 Å². The lowest BCUT2D eigenvalue weighted by Crippen LogP contribution is -2.47.